The van der Waals surface area contributed by atoms with E-state index in [1.807, 2.05) is 30.3 Å². The number of hydrogen-bond acceptors (Lipinski definition) is 8. The number of pyridine rings is 2. The van der Waals surface area contributed by atoms with Crippen molar-refractivity contribution in [1.29, 1.82) is 0 Å². The molecule has 35 heavy (non-hydrogen) atoms. The minimum Gasteiger partial charge on any atom is -0.497 e. The van der Waals surface area contributed by atoms with Crippen molar-refractivity contribution in [2.45, 2.75) is 48.8 Å². The number of aromatic nitrogens is 2. The van der Waals surface area contributed by atoms with Gasteiger partial charge in [-0.15, -0.1) is 11.8 Å². The summed E-state index contributed by atoms with van der Waals surface area (Å²) in [6.07, 6.45) is 3.66. The van der Waals surface area contributed by atoms with Crippen molar-refractivity contribution in [2.24, 2.45) is 0 Å². The lowest BCUT2D eigenvalue weighted by atomic mass is 9.81. The number of thioether (sulfide) groups is 1. The van der Waals surface area contributed by atoms with E-state index in [1.54, 1.807) is 19.4 Å². The summed E-state index contributed by atoms with van der Waals surface area (Å²) in [6, 6.07) is 11.3. The van der Waals surface area contributed by atoms with Crippen LogP contribution < -0.4 is 20.7 Å². The van der Waals surface area contributed by atoms with Gasteiger partial charge < -0.3 is 25.8 Å². The van der Waals surface area contributed by atoms with Crippen LogP contribution in [-0.2, 0) is 16.1 Å². The van der Waals surface area contributed by atoms with Crippen LogP contribution in [0, 0.1) is 0 Å². The lowest BCUT2D eigenvalue weighted by Gasteiger charge is -2.35. The Morgan fingerprint density at radius 2 is 2.09 bits per heavy atom. The third kappa shape index (κ3) is 5.09. The summed E-state index contributed by atoms with van der Waals surface area (Å²) in [5.41, 5.74) is 0.733. The number of ether oxygens (including phenoxy) is 1. The Morgan fingerprint density at radius 3 is 2.89 bits per heavy atom. The SMILES string of the molecule is COc1ccc2nccc(NC(=O)[C@]3(O)CC[C@@H](NCc4ccc5c(n4)NC(=O)CS5)CC3)c2c1. The average Bonchev–Trinajstić information content (AvgIpc) is 2.88. The Morgan fingerprint density at radius 1 is 1.26 bits per heavy atom. The number of benzene rings is 1. The Labute approximate surface area is 207 Å². The molecular weight excluding hydrogens is 466 g/mol. The number of carbonyl (C=O) groups is 2. The van der Waals surface area contributed by atoms with E-state index in [4.69, 9.17) is 4.74 Å². The van der Waals surface area contributed by atoms with Crippen molar-refractivity contribution >= 4 is 46.0 Å². The molecule has 0 radical (unpaired) electrons. The lowest BCUT2D eigenvalue weighted by Crippen LogP contribution is -2.48. The number of nitrogens with zero attached hydrogens (tertiary/aromatic N) is 2. The standard InChI is InChI=1S/C25H27N5O4S/c1-34-17-3-4-19-18(12-17)20(8-11-26-19)29-24(32)25(33)9-6-15(7-10-25)27-13-16-2-5-21-23(28-16)30-22(31)14-35-21/h2-5,8,11-12,15,27,33H,6-7,9-10,13-14H2,1H3,(H,26,29,32)(H,28,30,31)/t15-,25+. The van der Waals surface area contributed by atoms with Crippen LogP contribution in [0.4, 0.5) is 11.5 Å². The monoisotopic (exact) mass is 493 g/mol. The van der Waals surface area contributed by atoms with Gasteiger partial charge in [0.2, 0.25) is 5.91 Å². The van der Waals surface area contributed by atoms with Crippen molar-refractivity contribution in [3.63, 3.8) is 0 Å². The second-order valence-electron chi connectivity index (χ2n) is 8.87. The number of aliphatic hydroxyl groups is 1. The van der Waals surface area contributed by atoms with Gasteiger partial charge in [0, 0.05) is 24.2 Å². The van der Waals surface area contributed by atoms with E-state index in [0.29, 0.717) is 55.2 Å². The molecule has 2 aliphatic rings. The normalized spacial score (nSPS) is 21.8. The summed E-state index contributed by atoms with van der Waals surface area (Å²) in [5, 5.41) is 21.0. The molecule has 1 aliphatic carbocycles. The molecule has 182 valence electrons. The lowest BCUT2D eigenvalue weighted by molar-refractivity contribution is -0.137. The van der Waals surface area contributed by atoms with Crippen molar-refractivity contribution in [1.82, 2.24) is 15.3 Å². The van der Waals surface area contributed by atoms with Crippen molar-refractivity contribution in [2.75, 3.05) is 23.5 Å². The highest BCUT2D eigenvalue weighted by molar-refractivity contribution is 8.00. The van der Waals surface area contributed by atoms with Crippen LogP contribution in [0.1, 0.15) is 31.4 Å². The van der Waals surface area contributed by atoms with Gasteiger partial charge >= 0.3 is 0 Å². The molecule has 1 aliphatic heterocycles. The Kier molecular flexibility index (Phi) is 6.59. The molecule has 3 heterocycles. The van der Waals surface area contributed by atoms with Gasteiger partial charge in [-0.1, -0.05) is 0 Å². The van der Waals surface area contributed by atoms with E-state index in [2.05, 4.69) is 25.9 Å². The first-order valence-electron chi connectivity index (χ1n) is 11.6. The number of carbonyl (C=O) groups excluding carboxylic acids is 2. The van der Waals surface area contributed by atoms with Gasteiger partial charge in [-0.2, -0.15) is 0 Å². The van der Waals surface area contributed by atoms with Gasteiger partial charge in [0.05, 0.1) is 34.7 Å². The van der Waals surface area contributed by atoms with Crippen molar-refractivity contribution in [3.05, 3.63) is 48.3 Å². The van der Waals surface area contributed by atoms with Gasteiger partial charge in [0.1, 0.15) is 17.2 Å². The first-order chi connectivity index (χ1) is 16.9. The van der Waals surface area contributed by atoms with Crippen LogP contribution in [0.15, 0.2) is 47.5 Å². The minimum absolute atomic E-state index is 0.0381. The summed E-state index contributed by atoms with van der Waals surface area (Å²) in [7, 11) is 1.59. The molecular formula is C25H27N5O4S. The zero-order valence-electron chi connectivity index (χ0n) is 19.3. The number of amides is 2. The van der Waals surface area contributed by atoms with Gasteiger partial charge in [0.25, 0.3) is 5.91 Å². The Hall–Kier alpha value is -3.21. The number of nitrogens with one attached hydrogen (secondary N) is 3. The summed E-state index contributed by atoms with van der Waals surface area (Å²) >= 11 is 1.49. The topological polar surface area (TPSA) is 125 Å². The molecule has 1 fully saturated rings. The molecule has 1 saturated carbocycles. The number of anilines is 2. The highest BCUT2D eigenvalue weighted by Gasteiger charge is 2.40. The highest BCUT2D eigenvalue weighted by atomic mass is 32.2. The fourth-order valence-electron chi connectivity index (χ4n) is 4.48. The largest absolute Gasteiger partial charge is 0.497 e. The molecule has 4 N–H and O–H groups in total. The van der Waals surface area contributed by atoms with Gasteiger partial charge in [-0.05, 0) is 62.1 Å². The fraction of sp³-hybridized carbons (Fsp3) is 0.360. The maximum atomic E-state index is 13.1. The first-order valence-corrected chi connectivity index (χ1v) is 12.5. The molecule has 0 saturated heterocycles. The zero-order valence-corrected chi connectivity index (χ0v) is 20.2. The van der Waals surface area contributed by atoms with Crippen LogP contribution in [0.5, 0.6) is 5.75 Å². The van der Waals surface area contributed by atoms with E-state index in [-0.39, 0.29) is 11.9 Å². The van der Waals surface area contributed by atoms with Crippen LogP contribution in [0.3, 0.4) is 0 Å². The second-order valence-corrected chi connectivity index (χ2v) is 9.89. The summed E-state index contributed by atoms with van der Waals surface area (Å²) in [6.45, 7) is 0.550. The molecule has 5 rings (SSSR count). The van der Waals surface area contributed by atoms with Crippen molar-refractivity contribution < 1.29 is 19.4 Å². The van der Waals surface area contributed by atoms with Gasteiger partial charge in [-0.25, -0.2) is 4.98 Å². The van der Waals surface area contributed by atoms with E-state index in [0.717, 1.165) is 21.5 Å². The maximum Gasteiger partial charge on any atom is 0.256 e. The minimum atomic E-state index is -1.43. The molecule has 0 spiro atoms. The molecule has 2 amide bonds. The summed E-state index contributed by atoms with van der Waals surface area (Å²) in [5.74, 6) is 1.25. The van der Waals surface area contributed by atoms with Crippen LogP contribution in [0.25, 0.3) is 10.9 Å². The highest BCUT2D eigenvalue weighted by Crippen LogP contribution is 2.33. The van der Waals surface area contributed by atoms with Crippen molar-refractivity contribution in [3.8, 4) is 5.75 Å². The molecule has 2 aromatic heterocycles. The molecule has 9 nitrogen and oxygen atoms in total. The maximum absolute atomic E-state index is 13.1. The number of methoxy groups -OCH3 is 1. The molecule has 3 aromatic rings. The predicted molar refractivity (Wildman–Crippen MR) is 135 cm³/mol. The zero-order chi connectivity index (χ0) is 24.4. The van der Waals surface area contributed by atoms with Crippen LogP contribution >= 0.6 is 11.8 Å². The average molecular weight is 494 g/mol. The Bertz CT molecular complexity index is 1280. The van der Waals surface area contributed by atoms with E-state index >= 15 is 0 Å². The van der Waals surface area contributed by atoms with Gasteiger partial charge in [0.15, 0.2) is 0 Å². The van der Waals surface area contributed by atoms with E-state index < -0.39 is 11.5 Å². The summed E-state index contributed by atoms with van der Waals surface area (Å²) < 4.78 is 5.30. The molecule has 0 unspecified atom stereocenters. The third-order valence-electron chi connectivity index (χ3n) is 6.54. The Balaban J connectivity index is 1.18. The molecule has 10 heteroatoms. The van der Waals surface area contributed by atoms with Crippen LogP contribution in [-0.4, -0.2) is 51.4 Å². The summed E-state index contributed by atoms with van der Waals surface area (Å²) in [4.78, 5) is 34.5. The number of hydrogen-bond donors (Lipinski definition) is 4. The number of fused-ring (bicyclic) bond motifs is 2. The molecule has 1 aromatic carbocycles. The quantitative estimate of drug-likeness (QED) is 0.413. The van der Waals surface area contributed by atoms with E-state index in [1.165, 1.54) is 11.8 Å². The van der Waals surface area contributed by atoms with E-state index in [9.17, 15) is 14.7 Å². The van der Waals surface area contributed by atoms with Gasteiger partial charge in [-0.3, -0.25) is 14.6 Å². The molecule has 0 atom stereocenters. The first kappa shape index (κ1) is 23.5. The molecule has 0 bridgehead atoms. The second kappa shape index (κ2) is 9.80. The smallest absolute Gasteiger partial charge is 0.256 e. The van der Waals surface area contributed by atoms with Crippen LogP contribution in [0.2, 0.25) is 0 Å². The third-order valence-corrected chi connectivity index (χ3v) is 7.58. The predicted octanol–water partition coefficient (Wildman–Crippen LogP) is 3.08. The number of rotatable bonds is 6. The fourth-order valence-corrected chi connectivity index (χ4v) is 5.23.